The Balaban J connectivity index is 0.000000321. The summed E-state index contributed by atoms with van der Waals surface area (Å²) < 4.78 is 5.56. The van der Waals surface area contributed by atoms with Crippen LogP contribution >= 0.6 is 11.8 Å². The molecule has 0 bridgehead atoms. The van der Waals surface area contributed by atoms with Crippen molar-refractivity contribution in [3.63, 3.8) is 0 Å². The lowest BCUT2D eigenvalue weighted by atomic mass is 9.84. The van der Waals surface area contributed by atoms with Crippen molar-refractivity contribution in [2.75, 3.05) is 12.8 Å². The molecule has 1 heterocycles. The molecule has 3 N–H and O–H groups in total. The predicted octanol–water partition coefficient (Wildman–Crippen LogP) is 4.15. The number of aliphatic carboxylic acids is 2. The highest BCUT2D eigenvalue weighted by Crippen LogP contribution is 2.38. The normalized spacial score (nSPS) is 15.4. The summed E-state index contributed by atoms with van der Waals surface area (Å²) in [5.74, 6) is -1.62. The number of hydrogen-bond acceptors (Lipinski definition) is 6. The molecule has 0 amide bonds. The molecule has 0 radical (unpaired) electrons. The monoisotopic (exact) mass is 418 g/mol. The third-order valence-electron chi connectivity index (χ3n) is 4.46. The molecule has 2 aromatic rings. The zero-order valence-electron chi connectivity index (χ0n) is 16.6. The fourth-order valence-electron chi connectivity index (χ4n) is 3.25. The highest BCUT2D eigenvalue weighted by molar-refractivity contribution is 7.98. The van der Waals surface area contributed by atoms with Gasteiger partial charge in [0, 0.05) is 29.8 Å². The average molecular weight is 419 g/mol. The molecule has 7 nitrogen and oxygen atoms in total. The van der Waals surface area contributed by atoms with Crippen molar-refractivity contribution in [2.45, 2.75) is 43.7 Å². The fraction of sp³-hybridized carbons (Fsp3) is 0.381. The average Bonchev–Trinajstić information content (AvgIpc) is 3.20. The molecule has 1 aromatic carbocycles. The zero-order valence-corrected chi connectivity index (χ0v) is 17.4. The number of nitrogens with one attached hydrogen (secondary N) is 1. The lowest BCUT2D eigenvalue weighted by molar-refractivity contribution is -0.134. The molecular weight excluding hydrogens is 392 g/mol. The van der Waals surface area contributed by atoms with Crippen molar-refractivity contribution in [1.82, 2.24) is 10.5 Å². The molecule has 3 rings (SSSR count). The van der Waals surface area contributed by atoms with E-state index in [4.69, 9.17) is 14.7 Å². The number of aryl methyl sites for hydroxylation is 1. The molecular formula is C21H26N2O5S. The Morgan fingerprint density at radius 3 is 2.62 bits per heavy atom. The van der Waals surface area contributed by atoms with Crippen LogP contribution in [0.1, 0.15) is 43.4 Å². The fourth-order valence-corrected chi connectivity index (χ4v) is 3.58. The van der Waals surface area contributed by atoms with E-state index in [0.717, 1.165) is 30.2 Å². The van der Waals surface area contributed by atoms with Gasteiger partial charge in [-0.15, -0.1) is 11.8 Å². The van der Waals surface area contributed by atoms with Crippen LogP contribution in [0.15, 0.2) is 46.0 Å². The third kappa shape index (κ3) is 6.76. The van der Waals surface area contributed by atoms with E-state index in [9.17, 15) is 9.59 Å². The number of hydrogen-bond donors (Lipinski definition) is 3. The number of carbonyl (C=O) groups is 2. The molecule has 1 aliphatic rings. The zero-order chi connectivity index (χ0) is 21.2. The first-order valence-electron chi connectivity index (χ1n) is 9.46. The quantitative estimate of drug-likeness (QED) is 0.454. The Bertz CT molecular complexity index is 847. The van der Waals surface area contributed by atoms with E-state index < -0.39 is 11.9 Å². The van der Waals surface area contributed by atoms with E-state index in [1.165, 1.54) is 29.5 Å². The molecule has 0 fully saturated rings. The van der Waals surface area contributed by atoms with Gasteiger partial charge in [-0.2, -0.15) is 0 Å². The van der Waals surface area contributed by atoms with Gasteiger partial charge >= 0.3 is 11.9 Å². The van der Waals surface area contributed by atoms with Crippen molar-refractivity contribution in [3.8, 4) is 11.3 Å². The van der Waals surface area contributed by atoms with Gasteiger partial charge in [0.05, 0.1) is 0 Å². The Kier molecular flexibility index (Phi) is 8.95. The molecule has 0 saturated carbocycles. The van der Waals surface area contributed by atoms with E-state index in [1.54, 1.807) is 11.8 Å². The Morgan fingerprint density at radius 2 is 2.03 bits per heavy atom. The molecule has 1 aliphatic carbocycles. The van der Waals surface area contributed by atoms with Gasteiger partial charge in [0.25, 0.3) is 0 Å². The lowest BCUT2D eigenvalue weighted by Crippen LogP contribution is -2.26. The number of fused-ring (bicyclic) bond motifs is 1. The molecule has 156 valence electrons. The summed E-state index contributed by atoms with van der Waals surface area (Å²) in [6.07, 6.45) is 7.92. The molecule has 0 saturated heterocycles. The molecule has 0 spiro atoms. The summed E-state index contributed by atoms with van der Waals surface area (Å²) >= 11 is 1.62. The van der Waals surface area contributed by atoms with Gasteiger partial charge in [0.1, 0.15) is 5.03 Å². The highest BCUT2D eigenvalue weighted by Gasteiger charge is 2.24. The Hall–Kier alpha value is -2.58. The van der Waals surface area contributed by atoms with E-state index in [-0.39, 0.29) is 0 Å². The minimum absolute atomic E-state index is 0.438. The maximum absolute atomic E-state index is 9.55. The Labute approximate surface area is 174 Å². The van der Waals surface area contributed by atoms with Crippen molar-refractivity contribution in [2.24, 2.45) is 0 Å². The van der Waals surface area contributed by atoms with Crippen molar-refractivity contribution in [3.05, 3.63) is 47.5 Å². The first-order valence-corrected chi connectivity index (χ1v) is 10.7. The van der Waals surface area contributed by atoms with Crippen LogP contribution in [0.3, 0.4) is 0 Å². The lowest BCUT2D eigenvalue weighted by Gasteiger charge is -2.28. The predicted molar refractivity (Wildman–Crippen MR) is 112 cm³/mol. The van der Waals surface area contributed by atoms with Crippen LogP contribution in [0.2, 0.25) is 0 Å². The van der Waals surface area contributed by atoms with Crippen LogP contribution in [-0.4, -0.2) is 40.1 Å². The van der Waals surface area contributed by atoms with Gasteiger partial charge in [-0.1, -0.05) is 30.3 Å². The number of benzene rings is 1. The topological polar surface area (TPSA) is 113 Å². The second-order valence-corrected chi connectivity index (χ2v) is 7.35. The van der Waals surface area contributed by atoms with E-state index >= 15 is 0 Å². The summed E-state index contributed by atoms with van der Waals surface area (Å²) in [6, 6.07) is 9.04. The van der Waals surface area contributed by atoms with E-state index in [0.29, 0.717) is 18.2 Å². The molecule has 1 aromatic heterocycles. The van der Waals surface area contributed by atoms with Crippen LogP contribution < -0.4 is 5.32 Å². The van der Waals surface area contributed by atoms with Gasteiger partial charge in [-0.3, -0.25) is 0 Å². The largest absolute Gasteiger partial charge is 0.478 e. The number of carboxylic acid groups (broad SMARTS) is 2. The van der Waals surface area contributed by atoms with Gasteiger partial charge in [-0.05, 0) is 49.6 Å². The minimum Gasteiger partial charge on any atom is -0.478 e. The molecule has 0 aliphatic heterocycles. The minimum atomic E-state index is -1.26. The van der Waals surface area contributed by atoms with Gasteiger partial charge in [-0.25, -0.2) is 9.59 Å². The van der Waals surface area contributed by atoms with Gasteiger partial charge in [0.15, 0.2) is 5.76 Å². The van der Waals surface area contributed by atoms with Crippen LogP contribution in [0, 0.1) is 0 Å². The summed E-state index contributed by atoms with van der Waals surface area (Å²) in [6.45, 7) is 3.27. The third-order valence-corrected chi connectivity index (χ3v) is 5.07. The van der Waals surface area contributed by atoms with Gasteiger partial charge < -0.3 is 20.1 Å². The van der Waals surface area contributed by atoms with Crippen molar-refractivity contribution < 1.29 is 24.3 Å². The summed E-state index contributed by atoms with van der Waals surface area (Å²) in [5, 5.41) is 24.4. The van der Waals surface area contributed by atoms with Crippen LogP contribution in [0.4, 0.5) is 0 Å². The van der Waals surface area contributed by atoms with Crippen LogP contribution in [0.25, 0.3) is 11.3 Å². The maximum Gasteiger partial charge on any atom is 0.328 e. The number of aromatic nitrogens is 1. The number of nitrogens with zero attached hydrogens (tertiary/aromatic N) is 1. The first kappa shape index (κ1) is 22.7. The summed E-state index contributed by atoms with van der Waals surface area (Å²) in [4.78, 5) is 19.1. The Morgan fingerprint density at radius 1 is 1.31 bits per heavy atom. The van der Waals surface area contributed by atoms with Crippen LogP contribution in [-0.2, 0) is 16.0 Å². The SMILES string of the molecule is CCCNC1CCCc2cccc(-c3cc(SC)no3)c21.O=C(O)/C=C\C(=O)O. The second kappa shape index (κ2) is 11.4. The second-order valence-electron chi connectivity index (χ2n) is 6.52. The maximum atomic E-state index is 9.55. The number of thioether (sulfide) groups is 1. The number of rotatable bonds is 7. The van der Waals surface area contributed by atoms with E-state index in [2.05, 4.69) is 35.6 Å². The molecule has 1 unspecified atom stereocenters. The first-order chi connectivity index (χ1) is 14.0. The summed E-state index contributed by atoms with van der Waals surface area (Å²) in [7, 11) is 0. The molecule has 8 heteroatoms. The molecule has 29 heavy (non-hydrogen) atoms. The van der Waals surface area contributed by atoms with Gasteiger partial charge in [0.2, 0.25) is 0 Å². The van der Waals surface area contributed by atoms with Crippen molar-refractivity contribution in [1.29, 1.82) is 0 Å². The highest BCUT2D eigenvalue weighted by atomic mass is 32.2. The van der Waals surface area contributed by atoms with Crippen LogP contribution in [0.5, 0.6) is 0 Å². The smallest absolute Gasteiger partial charge is 0.328 e. The van der Waals surface area contributed by atoms with E-state index in [1.807, 2.05) is 12.3 Å². The number of carboxylic acids is 2. The summed E-state index contributed by atoms with van der Waals surface area (Å²) in [5.41, 5.74) is 4.07. The standard InChI is InChI=1S/C17H22N2OS.C4H4O4/c1-3-10-18-14-9-5-7-12-6-4-8-13(17(12)14)15-11-16(21-2)19-20-15;5-3(6)1-2-4(7)8/h4,6,8,11,14,18H,3,5,7,9-10H2,1-2H3;1-2H,(H,5,6)(H,7,8)/b;2-1-. The molecule has 1 atom stereocenters. The van der Waals surface area contributed by atoms with Crippen molar-refractivity contribution >= 4 is 23.7 Å².